The van der Waals surface area contributed by atoms with Crippen molar-refractivity contribution in [3.8, 4) is 0 Å². The molecule has 0 saturated carbocycles. The van der Waals surface area contributed by atoms with Crippen LogP contribution in [0.15, 0.2) is 6.20 Å². The first kappa shape index (κ1) is 10.9. The lowest BCUT2D eigenvalue weighted by Gasteiger charge is -2.37. The van der Waals surface area contributed by atoms with Crippen LogP contribution in [0.25, 0.3) is 0 Å². The normalized spacial score (nSPS) is 16.6. The van der Waals surface area contributed by atoms with Gasteiger partial charge in [-0.05, 0) is 22.6 Å². The number of methoxy groups -OCH3 is 1. The van der Waals surface area contributed by atoms with Gasteiger partial charge in [-0.15, -0.1) is 0 Å². The van der Waals surface area contributed by atoms with Crippen molar-refractivity contribution in [1.82, 2.24) is 14.7 Å². The highest BCUT2D eigenvalue weighted by atomic mass is 127. The van der Waals surface area contributed by atoms with E-state index in [1.54, 1.807) is 22.9 Å². The van der Waals surface area contributed by atoms with Crippen LogP contribution in [-0.2, 0) is 11.8 Å². The molecule has 6 heteroatoms. The van der Waals surface area contributed by atoms with Gasteiger partial charge in [0.15, 0.2) is 0 Å². The number of nitrogens with zero attached hydrogens (tertiary/aromatic N) is 3. The second-order valence-corrected chi connectivity index (χ2v) is 4.56. The molecule has 1 aromatic rings. The first-order chi connectivity index (χ1) is 7.13. The fourth-order valence-corrected chi connectivity index (χ4v) is 1.98. The number of hydrogen-bond donors (Lipinski definition) is 0. The highest BCUT2D eigenvalue weighted by molar-refractivity contribution is 14.1. The number of ether oxygens (including phenoxy) is 1. The highest BCUT2D eigenvalue weighted by Gasteiger charge is 2.32. The Bertz CT molecular complexity index is 385. The fourth-order valence-electron chi connectivity index (χ4n) is 1.49. The van der Waals surface area contributed by atoms with Gasteiger partial charge in [0.25, 0.3) is 5.91 Å². The number of carbonyl (C=O) groups is 1. The summed E-state index contributed by atoms with van der Waals surface area (Å²) in [7, 11) is 3.49. The average molecular weight is 321 g/mol. The molecule has 1 aliphatic heterocycles. The van der Waals surface area contributed by atoms with E-state index in [9.17, 15) is 4.79 Å². The second-order valence-electron chi connectivity index (χ2n) is 3.54. The quantitative estimate of drug-likeness (QED) is 0.745. The lowest BCUT2D eigenvalue weighted by atomic mass is 10.1. The SMILES string of the molecule is COC1CN(C(=O)c2cnn(C)c2I)C1. The van der Waals surface area contributed by atoms with E-state index in [1.807, 2.05) is 7.05 Å². The molecule has 0 N–H and O–H groups in total. The third kappa shape index (κ3) is 1.87. The standard InChI is InChI=1S/C9H12IN3O2/c1-12-8(10)7(3-11-12)9(14)13-4-6(5-13)15-2/h3,6H,4-5H2,1-2H3. The summed E-state index contributed by atoms with van der Waals surface area (Å²) in [5.74, 6) is 0.0424. The predicted octanol–water partition coefficient (Wildman–Crippen LogP) is 0.495. The Hall–Kier alpha value is -0.630. The molecule has 1 aliphatic rings. The van der Waals surface area contributed by atoms with Gasteiger partial charge in [-0.3, -0.25) is 9.48 Å². The van der Waals surface area contributed by atoms with E-state index in [1.165, 1.54) is 0 Å². The monoisotopic (exact) mass is 321 g/mol. The van der Waals surface area contributed by atoms with E-state index >= 15 is 0 Å². The summed E-state index contributed by atoms with van der Waals surface area (Å²) in [5, 5.41) is 4.05. The van der Waals surface area contributed by atoms with Gasteiger partial charge in [-0.1, -0.05) is 0 Å². The lowest BCUT2D eigenvalue weighted by Crippen LogP contribution is -2.54. The van der Waals surface area contributed by atoms with Gasteiger partial charge >= 0.3 is 0 Å². The summed E-state index contributed by atoms with van der Waals surface area (Å²) < 4.78 is 7.69. The van der Waals surface area contributed by atoms with Crippen molar-refractivity contribution in [1.29, 1.82) is 0 Å². The van der Waals surface area contributed by atoms with Crippen LogP contribution in [0.3, 0.4) is 0 Å². The minimum atomic E-state index is 0.0424. The summed E-state index contributed by atoms with van der Waals surface area (Å²) in [6.45, 7) is 1.36. The highest BCUT2D eigenvalue weighted by Crippen LogP contribution is 2.18. The Kier molecular flexibility index (Phi) is 2.96. The van der Waals surface area contributed by atoms with Crippen LogP contribution < -0.4 is 0 Å². The van der Waals surface area contributed by atoms with Crippen LogP contribution in [0.4, 0.5) is 0 Å². The van der Waals surface area contributed by atoms with Gasteiger partial charge in [0.05, 0.1) is 17.9 Å². The molecular weight excluding hydrogens is 309 g/mol. The van der Waals surface area contributed by atoms with Crippen molar-refractivity contribution < 1.29 is 9.53 Å². The summed E-state index contributed by atoms with van der Waals surface area (Å²) >= 11 is 2.13. The van der Waals surface area contributed by atoms with Gasteiger partial charge in [-0.25, -0.2) is 0 Å². The zero-order valence-corrected chi connectivity index (χ0v) is 10.8. The second kappa shape index (κ2) is 4.09. The van der Waals surface area contributed by atoms with Crippen molar-refractivity contribution in [3.63, 3.8) is 0 Å². The molecule has 0 bridgehead atoms. The van der Waals surface area contributed by atoms with Gasteiger partial charge in [0.1, 0.15) is 3.70 Å². The van der Waals surface area contributed by atoms with E-state index in [0.29, 0.717) is 18.7 Å². The van der Waals surface area contributed by atoms with Gasteiger partial charge in [0.2, 0.25) is 0 Å². The molecular formula is C9H12IN3O2. The number of halogens is 1. The first-order valence-corrected chi connectivity index (χ1v) is 5.71. The largest absolute Gasteiger partial charge is 0.378 e. The van der Waals surface area contributed by atoms with E-state index in [0.717, 1.165) is 3.70 Å². The number of aromatic nitrogens is 2. The average Bonchev–Trinajstić information content (AvgIpc) is 2.46. The van der Waals surface area contributed by atoms with Crippen LogP contribution in [0.1, 0.15) is 10.4 Å². The topological polar surface area (TPSA) is 47.4 Å². The van der Waals surface area contributed by atoms with Crippen LogP contribution >= 0.6 is 22.6 Å². The minimum absolute atomic E-state index is 0.0424. The Morgan fingerprint density at radius 1 is 1.67 bits per heavy atom. The molecule has 0 radical (unpaired) electrons. The van der Waals surface area contributed by atoms with Crippen LogP contribution in [0.5, 0.6) is 0 Å². The molecule has 1 fully saturated rings. The number of hydrogen-bond acceptors (Lipinski definition) is 3. The molecule has 1 amide bonds. The minimum Gasteiger partial charge on any atom is -0.378 e. The predicted molar refractivity (Wildman–Crippen MR) is 62.6 cm³/mol. The van der Waals surface area contributed by atoms with E-state index in [-0.39, 0.29) is 12.0 Å². The van der Waals surface area contributed by atoms with Crippen molar-refractivity contribution in [2.24, 2.45) is 7.05 Å². The van der Waals surface area contributed by atoms with Crippen molar-refractivity contribution in [2.75, 3.05) is 20.2 Å². The number of amides is 1. The number of likely N-dealkylation sites (tertiary alicyclic amines) is 1. The van der Waals surface area contributed by atoms with E-state index < -0.39 is 0 Å². The van der Waals surface area contributed by atoms with Crippen LogP contribution in [0, 0.1) is 3.70 Å². The maximum atomic E-state index is 11.9. The molecule has 0 atom stereocenters. The Labute approximate surface area is 102 Å². The molecule has 2 rings (SSSR count). The van der Waals surface area contributed by atoms with Gasteiger partial charge in [-0.2, -0.15) is 5.10 Å². The van der Waals surface area contributed by atoms with Crippen molar-refractivity contribution >= 4 is 28.5 Å². The maximum absolute atomic E-state index is 11.9. The van der Waals surface area contributed by atoms with Gasteiger partial charge < -0.3 is 9.64 Å². The van der Waals surface area contributed by atoms with Crippen LogP contribution in [-0.4, -0.2) is 46.9 Å². The van der Waals surface area contributed by atoms with E-state index in [2.05, 4.69) is 27.7 Å². The maximum Gasteiger partial charge on any atom is 0.258 e. The number of rotatable bonds is 2. The molecule has 2 heterocycles. The molecule has 0 aliphatic carbocycles. The molecule has 0 unspecified atom stereocenters. The molecule has 1 aromatic heterocycles. The summed E-state index contributed by atoms with van der Waals surface area (Å²) in [6.07, 6.45) is 1.81. The molecule has 0 spiro atoms. The summed E-state index contributed by atoms with van der Waals surface area (Å²) in [4.78, 5) is 13.7. The first-order valence-electron chi connectivity index (χ1n) is 4.63. The molecule has 82 valence electrons. The Morgan fingerprint density at radius 2 is 2.33 bits per heavy atom. The molecule has 1 saturated heterocycles. The van der Waals surface area contributed by atoms with E-state index in [4.69, 9.17) is 4.74 Å². The lowest BCUT2D eigenvalue weighted by molar-refractivity contribution is -0.0192. The Balaban J connectivity index is 2.07. The summed E-state index contributed by atoms with van der Waals surface area (Å²) in [5.41, 5.74) is 0.674. The molecule has 15 heavy (non-hydrogen) atoms. The zero-order valence-electron chi connectivity index (χ0n) is 8.61. The van der Waals surface area contributed by atoms with Crippen molar-refractivity contribution in [2.45, 2.75) is 6.10 Å². The fraction of sp³-hybridized carbons (Fsp3) is 0.556. The van der Waals surface area contributed by atoms with Gasteiger partial charge in [0, 0.05) is 27.2 Å². The molecule has 0 aromatic carbocycles. The molecule has 5 nitrogen and oxygen atoms in total. The Morgan fingerprint density at radius 3 is 2.80 bits per heavy atom. The zero-order chi connectivity index (χ0) is 11.0. The van der Waals surface area contributed by atoms with Crippen LogP contribution in [0.2, 0.25) is 0 Å². The summed E-state index contributed by atoms with van der Waals surface area (Å²) in [6, 6.07) is 0. The number of carbonyl (C=O) groups excluding carboxylic acids is 1. The third-order valence-electron chi connectivity index (χ3n) is 2.57. The van der Waals surface area contributed by atoms with Crippen molar-refractivity contribution in [3.05, 3.63) is 15.5 Å². The number of aryl methyl sites for hydroxylation is 1. The smallest absolute Gasteiger partial charge is 0.258 e. The third-order valence-corrected chi connectivity index (χ3v) is 3.84.